The Kier molecular flexibility index (Phi) is 5.88. The molecular formula is C30H47NO3. The average molecular weight is 470 g/mol. The van der Waals surface area contributed by atoms with Crippen LogP contribution >= 0.6 is 0 Å². The molecule has 2 saturated heterocycles. The van der Waals surface area contributed by atoms with E-state index in [-0.39, 0.29) is 18.3 Å². The van der Waals surface area contributed by atoms with Gasteiger partial charge in [-0.3, -0.25) is 4.90 Å². The summed E-state index contributed by atoms with van der Waals surface area (Å²) in [5, 5.41) is 20.0. The monoisotopic (exact) mass is 469 g/mol. The van der Waals surface area contributed by atoms with E-state index >= 15 is 0 Å². The third-order valence-corrected chi connectivity index (χ3v) is 11.7. The van der Waals surface area contributed by atoms with Crippen LogP contribution in [0.1, 0.15) is 85.5 Å². The number of aliphatic hydroxyl groups excluding tert-OH is 2. The number of likely N-dealkylation sites (tertiary alicyclic amines) is 1. The molecule has 1 spiro atoms. The van der Waals surface area contributed by atoms with Crippen molar-refractivity contribution < 1.29 is 14.9 Å². The van der Waals surface area contributed by atoms with E-state index in [1.165, 1.54) is 38.5 Å². The second kappa shape index (κ2) is 8.43. The van der Waals surface area contributed by atoms with Gasteiger partial charge in [0.25, 0.3) is 0 Å². The van der Waals surface area contributed by atoms with Gasteiger partial charge in [-0.2, -0.15) is 0 Å². The maximum absolute atomic E-state index is 10.3. The molecule has 190 valence electrons. The molecule has 34 heavy (non-hydrogen) atoms. The minimum Gasteiger partial charge on any atom is -0.395 e. The van der Waals surface area contributed by atoms with Crippen LogP contribution in [0.3, 0.4) is 0 Å². The smallest absolute Gasteiger partial charge is 0.0765 e. The van der Waals surface area contributed by atoms with Gasteiger partial charge < -0.3 is 14.9 Å². The Balaban J connectivity index is 1.28. The fourth-order valence-electron chi connectivity index (χ4n) is 10.0. The van der Waals surface area contributed by atoms with Crippen molar-refractivity contribution in [2.75, 3.05) is 19.7 Å². The molecule has 0 aromatic rings. The molecule has 2 aliphatic heterocycles. The molecule has 6 rings (SSSR count). The van der Waals surface area contributed by atoms with Gasteiger partial charge in [0.05, 0.1) is 24.4 Å². The Morgan fingerprint density at radius 1 is 1.18 bits per heavy atom. The lowest BCUT2D eigenvalue weighted by Crippen LogP contribution is -2.52. The molecule has 4 fully saturated rings. The molecule has 0 unspecified atom stereocenters. The van der Waals surface area contributed by atoms with Crippen LogP contribution in [0.25, 0.3) is 0 Å². The fraction of sp³-hybridized carbons (Fsp3) is 0.867. The summed E-state index contributed by atoms with van der Waals surface area (Å²) in [6.07, 6.45) is 12.9. The van der Waals surface area contributed by atoms with Crippen molar-refractivity contribution in [2.45, 2.75) is 109 Å². The minimum atomic E-state index is -0.218. The quantitative estimate of drug-likeness (QED) is 0.553. The number of hydrogen-bond acceptors (Lipinski definition) is 4. The maximum atomic E-state index is 10.3. The lowest BCUT2D eigenvalue weighted by molar-refractivity contribution is -0.0799. The highest BCUT2D eigenvalue weighted by atomic mass is 16.5. The van der Waals surface area contributed by atoms with Crippen molar-refractivity contribution >= 4 is 0 Å². The van der Waals surface area contributed by atoms with Crippen molar-refractivity contribution in [3.8, 4) is 0 Å². The molecule has 2 saturated carbocycles. The number of aliphatic hydroxyl groups is 2. The van der Waals surface area contributed by atoms with Gasteiger partial charge in [-0.05, 0) is 93.8 Å². The van der Waals surface area contributed by atoms with E-state index in [0.29, 0.717) is 29.4 Å². The SMILES string of the molecule is CC1=C2C[C@H]3[C@@H](CCC4=C[C@@H](O)CC[C@@]43C)[C@@H]2CC[C@@]2(C1)O[C@@H]1C[C@H](C)CN(CCO)[C@H]1[C@H]2C. The number of fused-ring (bicyclic) bond motifs is 6. The lowest BCUT2D eigenvalue weighted by Gasteiger charge is -2.49. The Morgan fingerprint density at radius 2 is 2.00 bits per heavy atom. The molecular weight excluding hydrogens is 422 g/mol. The molecule has 2 heterocycles. The average Bonchev–Trinajstić information content (AvgIpc) is 3.25. The predicted octanol–water partition coefficient (Wildman–Crippen LogP) is 5.10. The summed E-state index contributed by atoms with van der Waals surface area (Å²) >= 11 is 0. The Bertz CT molecular complexity index is 880. The Morgan fingerprint density at radius 3 is 2.79 bits per heavy atom. The van der Waals surface area contributed by atoms with Crippen LogP contribution in [0, 0.1) is 35.0 Å². The van der Waals surface area contributed by atoms with E-state index in [1.54, 1.807) is 16.7 Å². The van der Waals surface area contributed by atoms with E-state index in [9.17, 15) is 10.2 Å². The van der Waals surface area contributed by atoms with Crippen LogP contribution in [0.2, 0.25) is 0 Å². The van der Waals surface area contributed by atoms with Crippen LogP contribution in [-0.2, 0) is 4.74 Å². The van der Waals surface area contributed by atoms with Crippen molar-refractivity contribution in [1.82, 2.24) is 4.90 Å². The number of piperidine rings is 1. The first-order valence-electron chi connectivity index (χ1n) is 14.4. The topological polar surface area (TPSA) is 52.9 Å². The van der Waals surface area contributed by atoms with Gasteiger partial charge in [-0.25, -0.2) is 0 Å². The third-order valence-electron chi connectivity index (χ3n) is 11.7. The zero-order chi connectivity index (χ0) is 23.8. The molecule has 6 aliphatic rings. The van der Waals surface area contributed by atoms with Gasteiger partial charge in [-0.1, -0.05) is 43.6 Å². The van der Waals surface area contributed by atoms with Gasteiger partial charge in [0.15, 0.2) is 0 Å². The van der Waals surface area contributed by atoms with Crippen molar-refractivity contribution in [1.29, 1.82) is 0 Å². The third kappa shape index (κ3) is 3.45. The van der Waals surface area contributed by atoms with E-state index < -0.39 is 0 Å². The van der Waals surface area contributed by atoms with Crippen LogP contribution in [0.15, 0.2) is 22.8 Å². The zero-order valence-corrected chi connectivity index (χ0v) is 21.9. The highest BCUT2D eigenvalue weighted by molar-refractivity contribution is 5.33. The minimum absolute atomic E-state index is 0.0252. The molecule has 0 bridgehead atoms. The Hall–Kier alpha value is -0.680. The van der Waals surface area contributed by atoms with Crippen LogP contribution in [0.4, 0.5) is 0 Å². The largest absolute Gasteiger partial charge is 0.395 e. The first-order valence-corrected chi connectivity index (χ1v) is 14.4. The van der Waals surface area contributed by atoms with Crippen LogP contribution in [-0.4, -0.2) is 58.7 Å². The number of β-amino-alcohol motifs (C(OH)–C–C–N with tert-alkyl or cyclic N) is 1. The molecule has 0 radical (unpaired) electrons. The summed E-state index contributed by atoms with van der Waals surface area (Å²) < 4.78 is 7.13. The van der Waals surface area contributed by atoms with Crippen LogP contribution in [0.5, 0.6) is 0 Å². The van der Waals surface area contributed by atoms with E-state index in [2.05, 4.69) is 38.7 Å². The van der Waals surface area contributed by atoms with Crippen LogP contribution < -0.4 is 0 Å². The van der Waals surface area contributed by atoms with Crippen molar-refractivity contribution in [3.05, 3.63) is 22.8 Å². The number of hydrogen-bond donors (Lipinski definition) is 2. The Labute approximate surface area is 206 Å². The van der Waals surface area contributed by atoms with E-state index in [4.69, 9.17) is 4.74 Å². The molecule has 2 N–H and O–H groups in total. The fourth-order valence-corrected chi connectivity index (χ4v) is 10.0. The number of ether oxygens (including phenoxy) is 1. The van der Waals surface area contributed by atoms with Gasteiger partial charge in [0.1, 0.15) is 0 Å². The second-order valence-corrected chi connectivity index (χ2v) is 13.4. The molecule has 0 aromatic heterocycles. The number of rotatable bonds is 2. The normalized spacial score (nSPS) is 50.9. The van der Waals surface area contributed by atoms with Gasteiger partial charge in [0, 0.05) is 25.0 Å². The van der Waals surface area contributed by atoms with Crippen molar-refractivity contribution in [3.63, 3.8) is 0 Å². The summed E-state index contributed by atoms with van der Waals surface area (Å²) in [6.45, 7) is 11.9. The van der Waals surface area contributed by atoms with E-state index in [1.807, 2.05) is 0 Å². The number of nitrogens with zero attached hydrogens (tertiary/aromatic N) is 1. The summed E-state index contributed by atoms with van der Waals surface area (Å²) in [7, 11) is 0. The molecule has 4 aliphatic carbocycles. The maximum Gasteiger partial charge on any atom is 0.0765 e. The molecule has 4 nitrogen and oxygen atoms in total. The van der Waals surface area contributed by atoms with Gasteiger partial charge >= 0.3 is 0 Å². The van der Waals surface area contributed by atoms with Crippen molar-refractivity contribution in [2.24, 2.45) is 35.0 Å². The molecule has 10 atom stereocenters. The standard InChI is InChI=1S/C30H47NO3/c1-18-13-27-28(31(17-18)11-12-32)20(3)30(34-27)10-8-23-24-6-5-21-14-22(33)7-9-29(21,4)26(24)15-25(23)19(2)16-30/h14,18,20,22-24,26-28,32-33H,5-13,15-17H2,1-4H3/t18-,20+,22-,23-,24-,26-,27+,28-,29-,30-/m0/s1. The first kappa shape index (κ1) is 23.7. The van der Waals surface area contributed by atoms with Gasteiger partial charge in [-0.15, -0.1) is 0 Å². The molecule has 0 amide bonds. The predicted molar refractivity (Wildman–Crippen MR) is 135 cm³/mol. The summed E-state index contributed by atoms with van der Waals surface area (Å²) in [5.41, 5.74) is 5.25. The second-order valence-electron chi connectivity index (χ2n) is 13.4. The first-order chi connectivity index (χ1) is 16.3. The highest BCUT2D eigenvalue weighted by Gasteiger charge is 2.59. The lowest BCUT2D eigenvalue weighted by atomic mass is 9.56. The molecule has 4 heteroatoms. The summed E-state index contributed by atoms with van der Waals surface area (Å²) in [4.78, 5) is 2.55. The summed E-state index contributed by atoms with van der Waals surface area (Å²) in [5.74, 6) is 3.46. The molecule has 0 aromatic carbocycles. The van der Waals surface area contributed by atoms with E-state index in [0.717, 1.165) is 50.1 Å². The number of allylic oxidation sites excluding steroid dienone is 2. The highest BCUT2D eigenvalue weighted by Crippen LogP contribution is 2.64. The summed E-state index contributed by atoms with van der Waals surface area (Å²) in [6, 6.07) is 0.460. The zero-order valence-electron chi connectivity index (χ0n) is 21.9. The van der Waals surface area contributed by atoms with Gasteiger partial charge in [0.2, 0.25) is 0 Å².